The molecule has 3 aliphatic rings. The maximum Gasteiger partial charge on any atom is 0.416 e. The Balaban J connectivity index is 1.12. The van der Waals surface area contributed by atoms with Gasteiger partial charge in [-0.1, -0.05) is 25.0 Å². The van der Waals surface area contributed by atoms with E-state index in [9.17, 15) is 18.0 Å². The highest BCUT2D eigenvalue weighted by molar-refractivity contribution is 6.04. The molecule has 0 unspecified atom stereocenters. The highest BCUT2D eigenvalue weighted by Gasteiger charge is 2.31. The quantitative estimate of drug-likeness (QED) is 0.217. The summed E-state index contributed by atoms with van der Waals surface area (Å²) in [5.74, 6) is 0.890. The number of nitrogens with one attached hydrogen (secondary N) is 2. The Morgan fingerprint density at radius 2 is 1.67 bits per heavy atom. The lowest BCUT2D eigenvalue weighted by Crippen LogP contribution is -2.36. The molecule has 1 saturated heterocycles. The predicted octanol–water partition coefficient (Wildman–Crippen LogP) is 5.91. The van der Waals surface area contributed by atoms with Gasteiger partial charge in [-0.15, -0.1) is 0 Å². The Bertz CT molecular complexity index is 1450. The van der Waals surface area contributed by atoms with E-state index in [1.54, 1.807) is 6.20 Å². The van der Waals surface area contributed by atoms with E-state index in [-0.39, 0.29) is 17.6 Å². The highest BCUT2D eigenvalue weighted by Crippen LogP contribution is 2.34. The van der Waals surface area contributed by atoms with Crippen LogP contribution in [-0.4, -0.2) is 61.4 Å². The minimum absolute atomic E-state index is 0.0212. The van der Waals surface area contributed by atoms with E-state index in [4.69, 9.17) is 20.7 Å². The number of carbonyl (C=O) groups is 1. The van der Waals surface area contributed by atoms with E-state index in [2.05, 4.69) is 15.2 Å². The second kappa shape index (κ2) is 12.5. The van der Waals surface area contributed by atoms with Crippen molar-refractivity contribution in [1.82, 2.24) is 24.4 Å². The summed E-state index contributed by atoms with van der Waals surface area (Å²) in [6, 6.07) is 5.64. The van der Waals surface area contributed by atoms with Crippen LogP contribution in [0.3, 0.4) is 0 Å². The Morgan fingerprint density at radius 1 is 0.953 bits per heavy atom. The molecule has 0 spiro atoms. The summed E-state index contributed by atoms with van der Waals surface area (Å²) in [6.45, 7) is 1.39. The lowest BCUT2D eigenvalue weighted by Gasteiger charge is -2.32. The average Bonchev–Trinajstić information content (AvgIpc) is 3.68. The number of benzene rings is 1. The van der Waals surface area contributed by atoms with Crippen molar-refractivity contribution >= 4 is 28.7 Å². The Hall–Kier alpha value is -3.67. The van der Waals surface area contributed by atoms with Crippen LogP contribution in [0.4, 0.5) is 24.9 Å². The number of likely N-dealkylation sites (tertiary alicyclic amines) is 1. The van der Waals surface area contributed by atoms with Gasteiger partial charge in [-0.3, -0.25) is 4.79 Å². The number of imidazole rings is 1. The number of allylic oxidation sites excluding steroid dienone is 1. The smallest absolute Gasteiger partial charge is 0.377 e. The molecule has 3 aromatic rings. The molecule has 0 amide bonds. The minimum Gasteiger partial charge on any atom is -0.377 e. The number of fused-ring (bicyclic) bond motifs is 1. The van der Waals surface area contributed by atoms with Crippen molar-refractivity contribution < 1.29 is 18.0 Å². The first-order valence-electron chi connectivity index (χ1n) is 15.4. The molecule has 3 heterocycles. The first-order valence-corrected chi connectivity index (χ1v) is 15.4. The summed E-state index contributed by atoms with van der Waals surface area (Å²) in [5.41, 5.74) is 6.94. The third-order valence-corrected chi connectivity index (χ3v) is 9.03. The van der Waals surface area contributed by atoms with Crippen LogP contribution >= 0.6 is 0 Å². The van der Waals surface area contributed by atoms with E-state index in [1.807, 2.05) is 11.2 Å². The SMILES string of the molecule is NC1CCC(Nc2nc(NC3CCN(/C=C/C(=O)c4cccc(C(F)(F)F)c4)CC3)c3ncn(C4CCCC4)c3n2)CC1. The van der Waals surface area contributed by atoms with Gasteiger partial charge in [0.2, 0.25) is 5.95 Å². The number of carbonyl (C=O) groups excluding carboxylic acids is 1. The van der Waals surface area contributed by atoms with Gasteiger partial charge in [0.25, 0.3) is 0 Å². The van der Waals surface area contributed by atoms with Crippen LogP contribution in [0.25, 0.3) is 11.2 Å². The van der Waals surface area contributed by atoms with Crippen LogP contribution in [0.5, 0.6) is 0 Å². The normalized spacial score (nSPS) is 22.5. The van der Waals surface area contributed by atoms with Gasteiger partial charge in [-0.2, -0.15) is 23.1 Å². The van der Waals surface area contributed by atoms with Gasteiger partial charge in [0, 0.05) is 55.1 Å². The molecule has 0 radical (unpaired) electrons. The van der Waals surface area contributed by atoms with Gasteiger partial charge in [0.15, 0.2) is 22.8 Å². The van der Waals surface area contributed by atoms with Crippen LogP contribution in [-0.2, 0) is 6.18 Å². The van der Waals surface area contributed by atoms with Gasteiger partial charge in [-0.25, -0.2) is 4.98 Å². The molecule has 6 rings (SSSR count). The number of aromatic nitrogens is 4. The lowest BCUT2D eigenvalue weighted by atomic mass is 9.92. The van der Waals surface area contributed by atoms with Crippen LogP contribution in [0.1, 0.15) is 86.2 Å². The first-order chi connectivity index (χ1) is 20.7. The van der Waals surface area contributed by atoms with Crippen LogP contribution in [0.2, 0.25) is 0 Å². The summed E-state index contributed by atoms with van der Waals surface area (Å²) in [7, 11) is 0. The van der Waals surface area contributed by atoms with E-state index in [0.29, 0.717) is 31.1 Å². The molecule has 9 nitrogen and oxygen atoms in total. The molecule has 4 N–H and O–H groups in total. The summed E-state index contributed by atoms with van der Waals surface area (Å²) in [4.78, 5) is 29.2. The molecule has 0 atom stereocenters. The second-order valence-corrected chi connectivity index (χ2v) is 12.1. The van der Waals surface area contributed by atoms with Crippen LogP contribution < -0.4 is 16.4 Å². The van der Waals surface area contributed by atoms with Crippen molar-refractivity contribution in [2.24, 2.45) is 5.73 Å². The maximum atomic E-state index is 13.0. The fourth-order valence-electron chi connectivity index (χ4n) is 6.48. The van der Waals surface area contributed by atoms with Crippen molar-refractivity contribution in [2.75, 3.05) is 23.7 Å². The average molecular weight is 597 g/mol. The van der Waals surface area contributed by atoms with Crippen LogP contribution in [0.15, 0.2) is 42.9 Å². The van der Waals surface area contributed by atoms with Gasteiger partial charge in [-0.05, 0) is 63.5 Å². The summed E-state index contributed by atoms with van der Waals surface area (Å²) >= 11 is 0. The number of rotatable bonds is 8. The van der Waals surface area contributed by atoms with Crippen LogP contribution in [0, 0.1) is 0 Å². The molecule has 1 aromatic carbocycles. The number of halogens is 3. The zero-order valence-corrected chi connectivity index (χ0v) is 24.2. The molecule has 12 heteroatoms. The zero-order valence-electron chi connectivity index (χ0n) is 24.2. The minimum atomic E-state index is -4.49. The largest absolute Gasteiger partial charge is 0.416 e. The zero-order chi connectivity index (χ0) is 30.0. The van der Waals surface area contributed by atoms with E-state index in [1.165, 1.54) is 31.1 Å². The third kappa shape index (κ3) is 6.95. The Labute approximate surface area is 249 Å². The topological polar surface area (TPSA) is 114 Å². The van der Waals surface area contributed by atoms with Gasteiger partial charge >= 0.3 is 6.18 Å². The van der Waals surface area contributed by atoms with Gasteiger partial charge in [0.05, 0.1) is 11.9 Å². The molecule has 2 saturated carbocycles. The molecule has 2 aliphatic carbocycles. The van der Waals surface area contributed by atoms with Gasteiger partial charge in [0.1, 0.15) is 0 Å². The van der Waals surface area contributed by atoms with E-state index < -0.39 is 17.5 Å². The van der Waals surface area contributed by atoms with E-state index >= 15 is 0 Å². The number of anilines is 2. The molecule has 230 valence electrons. The number of piperidine rings is 1. The number of ketones is 1. The number of hydrogen-bond acceptors (Lipinski definition) is 8. The Kier molecular flexibility index (Phi) is 8.56. The fraction of sp³-hybridized carbons (Fsp3) is 0.548. The lowest BCUT2D eigenvalue weighted by molar-refractivity contribution is -0.137. The number of alkyl halides is 3. The summed E-state index contributed by atoms with van der Waals surface area (Å²) in [6.07, 6.45) is 10.7. The summed E-state index contributed by atoms with van der Waals surface area (Å²) in [5, 5.41) is 7.20. The van der Waals surface area contributed by atoms with Crippen molar-refractivity contribution in [3.8, 4) is 0 Å². The molecular weight excluding hydrogens is 557 g/mol. The van der Waals surface area contributed by atoms with Crippen molar-refractivity contribution in [2.45, 2.75) is 94.6 Å². The monoisotopic (exact) mass is 596 g/mol. The van der Waals surface area contributed by atoms with Crippen molar-refractivity contribution in [1.29, 1.82) is 0 Å². The van der Waals surface area contributed by atoms with Crippen molar-refractivity contribution in [3.05, 3.63) is 54.0 Å². The number of nitrogens with two attached hydrogens (primary N) is 1. The predicted molar refractivity (Wildman–Crippen MR) is 160 cm³/mol. The van der Waals surface area contributed by atoms with Gasteiger partial charge < -0.3 is 25.8 Å². The number of nitrogens with zero attached hydrogens (tertiary/aromatic N) is 5. The molecule has 0 bridgehead atoms. The molecule has 2 aromatic heterocycles. The molecule has 43 heavy (non-hydrogen) atoms. The standard InChI is InChI=1S/C31H39F3N8O/c32-31(33,34)21-5-3-4-20(18-21)26(43)14-17-41-15-12-24(13-16-41)37-28-27-29(42(19-36-27)25-6-1-2-7-25)40-30(39-28)38-23-10-8-22(35)9-11-23/h3-5,14,17-19,22-25H,1-2,6-13,15-16,35H2,(H2,37,38,39,40)/b17-14+. The second-order valence-electron chi connectivity index (χ2n) is 12.1. The number of hydrogen-bond donors (Lipinski definition) is 3. The maximum absolute atomic E-state index is 13.0. The summed E-state index contributed by atoms with van der Waals surface area (Å²) < 4.78 is 41.3. The third-order valence-electron chi connectivity index (χ3n) is 9.03. The van der Waals surface area contributed by atoms with Crippen molar-refractivity contribution in [3.63, 3.8) is 0 Å². The van der Waals surface area contributed by atoms with E-state index in [0.717, 1.165) is 80.5 Å². The Morgan fingerprint density at radius 3 is 2.40 bits per heavy atom. The molecule has 3 fully saturated rings. The fourth-order valence-corrected chi connectivity index (χ4v) is 6.48. The highest BCUT2D eigenvalue weighted by atomic mass is 19.4. The molecular formula is C31H39F3N8O. The first kappa shape index (κ1) is 29.4. The molecule has 1 aliphatic heterocycles.